The molecule has 126 valence electrons. The van der Waals surface area contributed by atoms with Crippen molar-refractivity contribution in [2.24, 2.45) is 10.2 Å². The van der Waals surface area contributed by atoms with Gasteiger partial charge in [-0.05, 0) is 29.8 Å². The van der Waals surface area contributed by atoms with E-state index in [4.69, 9.17) is 0 Å². The topological polar surface area (TPSA) is 91.1 Å². The highest BCUT2D eigenvalue weighted by Crippen LogP contribution is 2.24. The molecule has 25 heavy (non-hydrogen) atoms. The molecule has 2 aromatic rings. The number of amidine groups is 1. The van der Waals surface area contributed by atoms with Gasteiger partial charge in [-0.15, -0.1) is 5.10 Å². The monoisotopic (exact) mass is 353 g/mol. The standard InChI is InChI=1S/C18H15N3O3S/c22-14-8-6-12(7-9-14)11-19-21-18-20-17(24)16(25-18)10-15(23)13-4-2-1-3-5-13/h1-9,11,16,22H,10H2,(H,20,21,24)/b19-11+. The molecule has 0 saturated carbocycles. The molecule has 0 aromatic heterocycles. The lowest BCUT2D eigenvalue weighted by molar-refractivity contribution is -0.118. The molecule has 6 nitrogen and oxygen atoms in total. The van der Waals surface area contributed by atoms with Crippen LogP contribution < -0.4 is 5.32 Å². The molecule has 1 aliphatic rings. The second kappa shape index (κ2) is 7.76. The molecule has 1 heterocycles. The fourth-order valence-corrected chi connectivity index (χ4v) is 3.13. The summed E-state index contributed by atoms with van der Waals surface area (Å²) in [4.78, 5) is 24.2. The summed E-state index contributed by atoms with van der Waals surface area (Å²) in [5.74, 6) is -0.150. The minimum Gasteiger partial charge on any atom is -0.508 e. The van der Waals surface area contributed by atoms with Gasteiger partial charge in [0.1, 0.15) is 5.75 Å². The maximum absolute atomic E-state index is 12.2. The number of nitrogens with zero attached hydrogens (tertiary/aromatic N) is 2. The molecule has 1 saturated heterocycles. The second-order valence-corrected chi connectivity index (χ2v) is 6.52. The average molecular weight is 353 g/mol. The molecule has 7 heteroatoms. The molecule has 1 amide bonds. The number of thioether (sulfide) groups is 1. The predicted molar refractivity (Wildman–Crippen MR) is 98.0 cm³/mol. The molecule has 1 fully saturated rings. The first-order chi connectivity index (χ1) is 12.1. The normalized spacial score (nSPS) is 18.6. The quantitative estimate of drug-likeness (QED) is 0.491. The van der Waals surface area contributed by atoms with E-state index in [2.05, 4.69) is 15.5 Å². The van der Waals surface area contributed by atoms with Crippen LogP contribution in [-0.2, 0) is 4.79 Å². The summed E-state index contributed by atoms with van der Waals surface area (Å²) in [6.45, 7) is 0. The zero-order chi connectivity index (χ0) is 17.6. The number of nitrogens with one attached hydrogen (secondary N) is 1. The Kier molecular flexibility index (Phi) is 5.25. The summed E-state index contributed by atoms with van der Waals surface area (Å²) >= 11 is 1.19. The van der Waals surface area contributed by atoms with Crippen molar-refractivity contribution < 1.29 is 14.7 Å². The van der Waals surface area contributed by atoms with Gasteiger partial charge in [-0.1, -0.05) is 42.1 Å². The molecular weight excluding hydrogens is 338 g/mol. The van der Waals surface area contributed by atoms with Crippen LogP contribution >= 0.6 is 11.8 Å². The molecule has 2 N–H and O–H groups in total. The van der Waals surface area contributed by atoms with Gasteiger partial charge in [-0.3, -0.25) is 9.59 Å². The summed E-state index contributed by atoms with van der Waals surface area (Å²) in [7, 11) is 0. The van der Waals surface area contributed by atoms with Gasteiger partial charge in [0.25, 0.3) is 0 Å². The Morgan fingerprint density at radius 2 is 1.88 bits per heavy atom. The van der Waals surface area contributed by atoms with Gasteiger partial charge in [-0.2, -0.15) is 5.10 Å². The lowest BCUT2D eigenvalue weighted by Gasteiger charge is -2.04. The smallest absolute Gasteiger partial charge is 0.240 e. The third-order valence-electron chi connectivity index (χ3n) is 3.49. The minimum absolute atomic E-state index is 0.0814. The zero-order valence-electron chi connectivity index (χ0n) is 13.1. The molecule has 1 aliphatic heterocycles. The number of aromatic hydroxyl groups is 1. The van der Waals surface area contributed by atoms with Crippen LogP contribution in [0, 0.1) is 0 Å². The first-order valence-electron chi connectivity index (χ1n) is 7.57. The van der Waals surface area contributed by atoms with Gasteiger partial charge in [0.05, 0.1) is 11.5 Å². The SMILES string of the molecule is O=C(CC1S/C(=N/N=C/c2ccc(O)cc2)NC1=O)c1ccccc1. The fraction of sp³-hybridized carbons (Fsp3) is 0.111. The summed E-state index contributed by atoms with van der Waals surface area (Å²) in [5, 5.41) is 19.6. The number of hydrogen-bond donors (Lipinski definition) is 2. The number of phenols is 1. The van der Waals surface area contributed by atoms with E-state index < -0.39 is 5.25 Å². The maximum Gasteiger partial charge on any atom is 0.240 e. The van der Waals surface area contributed by atoms with Crippen LogP contribution in [0.3, 0.4) is 0 Å². The average Bonchev–Trinajstić information content (AvgIpc) is 2.97. The molecule has 0 spiro atoms. The van der Waals surface area contributed by atoms with Crippen molar-refractivity contribution in [1.29, 1.82) is 0 Å². The van der Waals surface area contributed by atoms with Crippen LogP contribution in [0.5, 0.6) is 5.75 Å². The van der Waals surface area contributed by atoms with Crippen LogP contribution in [-0.4, -0.2) is 33.4 Å². The van der Waals surface area contributed by atoms with E-state index in [1.54, 1.807) is 48.5 Å². The van der Waals surface area contributed by atoms with E-state index in [0.717, 1.165) is 5.56 Å². The highest BCUT2D eigenvalue weighted by atomic mass is 32.2. The van der Waals surface area contributed by atoms with Gasteiger partial charge >= 0.3 is 0 Å². The van der Waals surface area contributed by atoms with E-state index in [1.165, 1.54) is 18.0 Å². The van der Waals surface area contributed by atoms with Crippen LogP contribution in [0.25, 0.3) is 0 Å². The van der Waals surface area contributed by atoms with Crippen molar-refractivity contribution in [3.8, 4) is 5.75 Å². The Balaban J connectivity index is 1.60. The summed E-state index contributed by atoms with van der Waals surface area (Å²) < 4.78 is 0. The highest BCUT2D eigenvalue weighted by molar-refractivity contribution is 8.15. The van der Waals surface area contributed by atoms with E-state index in [9.17, 15) is 14.7 Å². The number of rotatable bonds is 5. The first-order valence-corrected chi connectivity index (χ1v) is 8.45. The fourth-order valence-electron chi connectivity index (χ4n) is 2.21. The second-order valence-electron chi connectivity index (χ2n) is 5.33. The van der Waals surface area contributed by atoms with Crippen molar-refractivity contribution in [3.63, 3.8) is 0 Å². The van der Waals surface area contributed by atoms with Crippen molar-refractivity contribution in [1.82, 2.24) is 5.32 Å². The van der Waals surface area contributed by atoms with Crippen LogP contribution in [0.4, 0.5) is 0 Å². The minimum atomic E-state index is -0.504. The van der Waals surface area contributed by atoms with Crippen molar-refractivity contribution in [2.75, 3.05) is 0 Å². The number of carbonyl (C=O) groups is 2. The number of Topliss-reactive ketones (excluding diaryl/α,β-unsaturated/α-hetero) is 1. The molecule has 2 aromatic carbocycles. The van der Waals surface area contributed by atoms with Crippen LogP contribution in [0.2, 0.25) is 0 Å². The number of ketones is 1. The Labute approximate surface area is 148 Å². The number of phenolic OH excluding ortho intramolecular Hbond substituents is 1. The lowest BCUT2D eigenvalue weighted by Crippen LogP contribution is -2.26. The predicted octanol–water partition coefficient (Wildman–Crippen LogP) is 2.59. The Morgan fingerprint density at radius 3 is 2.60 bits per heavy atom. The molecule has 1 unspecified atom stereocenters. The third kappa shape index (κ3) is 4.54. The molecular formula is C18H15N3O3S. The van der Waals surface area contributed by atoms with E-state index >= 15 is 0 Å². The van der Waals surface area contributed by atoms with Crippen molar-refractivity contribution in [2.45, 2.75) is 11.7 Å². The lowest BCUT2D eigenvalue weighted by atomic mass is 10.1. The number of benzene rings is 2. The number of carbonyl (C=O) groups excluding carboxylic acids is 2. The van der Waals surface area contributed by atoms with E-state index in [1.807, 2.05) is 6.07 Å². The largest absolute Gasteiger partial charge is 0.508 e. The van der Waals surface area contributed by atoms with Gasteiger partial charge in [-0.25, -0.2) is 0 Å². The van der Waals surface area contributed by atoms with Gasteiger partial charge in [0.2, 0.25) is 5.91 Å². The van der Waals surface area contributed by atoms with Gasteiger partial charge < -0.3 is 10.4 Å². The number of amides is 1. The maximum atomic E-state index is 12.2. The summed E-state index contributed by atoms with van der Waals surface area (Å²) in [6.07, 6.45) is 1.63. The first kappa shape index (κ1) is 16.9. The van der Waals surface area contributed by atoms with Crippen LogP contribution in [0.1, 0.15) is 22.3 Å². The van der Waals surface area contributed by atoms with E-state index in [0.29, 0.717) is 10.7 Å². The molecule has 0 bridgehead atoms. The molecule has 1 atom stereocenters. The summed E-state index contributed by atoms with van der Waals surface area (Å²) in [6, 6.07) is 15.4. The molecule has 3 rings (SSSR count). The summed E-state index contributed by atoms with van der Waals surface area (Å²) in [5.41, 5.74) is 1.36. The Hall–Kier alpha value is -2.93. The van der Waals surface area contributed by atoms with Crippen LogP contribution in [0.15, 0.2) is 64.8 Å². The Morgan fingerprint density at radius 1 is 1.16 bits per heavy atom. The van der Waals surface area contributed by atoms with Gasteiger partial charge in [0.15, 0.2) is 11.0 Å². The van der Waals surface area contributed by atoms with Crippen molar-refractivity contribution in [3.05, 3.63) is 65.7 Å². The Bertz CT molecular complexity index is 832. The number of hydrogen-bond acceptors (Lipinski definition) is 6. The van der Waals surface area contributed by atoms with E-state index in [-0.39, 0.29) is 23.9 Å². The third-order valence-corrected chi connectivity index (χ3v) is 4.56. The van der Waals surface area contributed by atoms with Gasteiger partial charge in [0, 0.05) is 12.0 Å². The molecule has 0 aliphatic carbocycles. The zero-order valence-corrected chi connectivity index (χ0v) is 13.9. The molecule has 0 radical (unpaired) electrons. The highest BCUT2D eigenvalue weighted by Gasteiger charge is 2.32. The van der Waals surface area contributed by atoms with Crippen molar-refractivity contribution >= 4 is 34.8 Å².